The maximum Gasteiger partial charge on any atom is 0.317 e. The molecule has 1 atom stereocenters. The van der Waals surface area contributed by atoms with Crippen molar-refractivity contribution < 1.29 is 18.7 Å². The van der Waals surface area contributed by atoms with Crippen LogP contribution in [-0.2, 0) is 4.79 Å². The van der Waals surface area contributed by atoms with Gasteiger partial charge in [-0.1, -0.05) is 6.42 Å². The van der Waals surface area contributed by atoms with Gasteiger partial charge in [0.25, 0.3) is 5.92 Å². The molecule has 0 bridgehead atoms. The molecule has 1 unspecified atom stereocenters. The van der Waals surface area contributed by atoms with E-state index in [1.54, 1.807) is 0 Å². The molecule has 0 aromatic heterocycles. The number of nitrogens with two attached hydrogens (primary N) is 1. The number of hydrogen-bond acceptors (Lipinski definition) is 2. The van der Waals surface area contributed by atoms with Crippen molar-refractivity contribution >= 4 is 5.97 Å². The van der Waals surface area contributed by atoms with Gasteiger partial charge in [-0.2, -0.15) is 0 Å². The summed E-state index contributed by atoms with van der Waals surface area (Å²) in [4.78, 5) is 11.0. The molecule has 14 heavy (non-hydrogen) atoms. The average molecular weight is 207 g/mol. The first-order valence-corrected chi connectivity index (χ1v) is 4.67. The van der Waals surface area contributed by atoms with Gasteiger partial charge in [-0.3, -0.25) is 4.79 Å². The zero-order chi connectivity index (χ0) is 11.0. The molecule has 1 saturated carbocycles. The number of alkyl halides is 2. The monoisotopic (exact) mass is 207 g/mol. The Morgan fingerprint density at radius 2 is 2.07 bits per heavy atom. The van der Waals surface area contributed by atoms with Crippen LogP contribution in [0.1, 0.15) is 26.2 Å². The number of carboxylic acids is 1. The van der Waals surface area contributed by atoms with Crippen LogP contribution in [0, 0.1) is 11.3 Å². The Bertz CT molecular complexity index is 235. The second-order valence-electron chi connectivity index (χ2n) is 4.00. The van der Waals surface area contributed by atoms with Crippen LogP contribution in [0.15, 0.2) is 0 Å². The molecule has 3 nitrogen and oxygen atoms in total. The fourth-order valence-electron chi connectivity index (χ4n) is 2.06. The van der Waals surface area contributed by atoms with Crippen molar-refractivity contribution in [1.82, 2.24) is 0 Å². The van der Waals surface area contributed by atoms with Gasteiger partial charge >= 0.3 is 5.97 Å². The SMILES string of the molecule is CC(F)(F)C(CN)(C(=O)O)C1CCC1. The largest absolute Gasteiger partial charge is 0.481 e. The molecule has 0 heterocycles. The molecule has 0 amide bonds. The van der Waals surface area contributed by atoms with Gasteiger partial charge in [0.1, 0.15) is 5.41 Å². The fraction of sp³-hybridized carbons (Fsp3) is 0.889. The first kappa shape index (κ1) is 11.4. The van der Waals surface area contributed by atoms with Crippen LogP contribution in [0.4, 0.5) is 8.78 Å². The van der Waals surface area contributed by atoms with E-state index in [0.29, 0.717) is 19.8 Å². The number of halogens is 2. The van der Waals surface area contributed by atoms with E-state index in [-0.39, 0.29) is 0 Å². The van der Waals surface area contributed by atoms with Crippen LogP contribution in [0.5, 0.6) is 0 Å². The Morgan fingerprint density at radius 1 is 1.57 bits per heavy atom. The van der Waals surface area contributed by atoms with Crippen LogP contribution < -0.4 is 5.73 Å². The summed E-state index contributed by atoms with van der Waals surface area (Å²) in [6, 6.07) is 0. The Labute approximate surface area is 81.3 Å². The van der Waals surface area contributed by atoms with Crippen LogP contribution in [0.3, 0.4) is 0 Å². The second-order valence-corrected chi connectivity index (χ2v) is 4.00. The highest BCUT2D eigenvalue weighted by Gasteiger charge is 2.61. The summed E-state index contributed by atoms with van der Waals surface area (Å²) in [5, 5.41) is 8.93. The Hall–Kier alpha value is -0.710. The highest BCUT2D eigenvalue weighted by atomic mass is 19.3. The summed E-state index contributed by atoms with van der Waals surface area (Å²) in [5.74, 6) is -5.22. The van der Waals surface area contributed by atoms with E-state index < -0.39 is 29.8 Å². The second kappa shape index (κ2) is 3.46. The fourth-order valence-corrected chi connectivity index (χ4v) is 2.06. The molecule has 0 spiro atoms. The van der Waals surface area contributed by atoms with E-state index in [4.69, 9.17) is 10.8 Å². The average Bonchev–Trinajstić information content (AvgIpc) is 1.92. The van der Waals surface area contributed by atoms with Gasteiger partial charge in [-0.15, -0.1) is 0 Å². The van der Waals surface area contributed by atoms with Gasteiger partial charge in [0.15, 0.2) is 0 Å². The van der Waals surface area contributed by atoms with Crippen LogP contribution in [-0.4, -0.2) is 23.5 Å². The van der Waals surface area contributed by atoms with E-state index in [9.17, 15) is 13.6 Å². The molecule has 0 aliphatic heterocycles. The van der Waals surface area contributed by atoms with Gasteiger partial charge < -0.3 is 10.8 Å². The molecule has 1 aliphatic carbocycles. The van der Waals surface area contributed by atoms with Crippen molar-refractivity contribution in [1.29, 1.82) is 0 Å². The van der Waals surface area contributed by atoms with E-state index >= 15 is 0 Å². The molecular formula is C9H15F2NO2. The molecule has 0 saturated heterocycles. The van der Waals surface area contributed by atoms with Gasteiger partial charge in [0, 0.05) is 13.5 Å². The zero-order valence-electron chi connectivity index (χ0n) is 8.09. The number of hydrogen-bond donors (Lipinski definition) is 2. The number of rotatable bonds is 4. The van der Waals surface area contributed by atoms with E-state index in [1.165, 1.54) is 0 Å². The number of carboxylic acid groups (broad SMARTS) is 1. The summed E-state index contributed by atoms with van der Waals surface area (Å²) in [7, 11) is 0. The summed E-state index contributed by atoms with van der Waals surface area (Å²) in [6.07, 6.45) is 1.88. The van der Waals surface area contributed by atoms with Crippen molar-refractivity contribution in [3.05, 3.63) is 0 Å². The maximum atomic E-state index is 13.3. The number of carbonyl (C=O) groups is 1. The maximum absolute atomic E-state index is 13.3. The lowest BCUT2D eigenvalue weighted by Gasteiger charge is -2.44. The molecule has 0 radical (unpaired) electrons. The molecule has 1 aliphatic rings. The van der Waals surface area contributed by atoms with Crippen molar-refractivity contribution in [3.63, 3.8) is 0 Å². The summed E-state index contributed by atoms with van der Waals surface area (Å²) < 4.78 is 26.6. The summed E-state index contributed by atoms with van der Waals surface area (Å²) >= 11 is 0. The lowest BCUT2D eigenvalue weighted by atomic mass is 9.62. The van der Waals surface area contributed by atoms with Crippen molar-refractivity contribution in [2.75, 3.05) is 6.54 Å². The van der Waals surface area contributed by atoms with Gasteiger partial charge in [-0.05, 0) is 18.8 Å². The van der Waals surface area contributed by atoms with E-state index in [2.05, 4.69) is 0 Å². The predicted octanol–water partition coefficient (Wildman–Crippen LogP) is 1.47. The van der Waals surface area contributed by atoms with E-state index in [0.717, 1.165) is 6.42 Å². The quantitative estimate of drug-likeness (QED) is 0.733. The van der Waals surface area contributed by atoms with Crippen LogP contribution in [0.2, 0.25) is 0 Å². The molecule has 5 heteroatoms. The minimum absolute atomic E-state index is 0.481. The minimum Gasteiger partial charge on any atom is -0.481 e. The number of aliphatic carboxylic acids is 1. The standard InChI is InChI=1S/C9H15F2NO2/c1-8(10,11)9(5-12,7(13)14)6-3-2-4-6/h6H,2-5,12H2,1H3,(H,13,14). The topological polar surface area (TPSA) is 63.3 Å². The molecule has 82 valence electrons. The Morgan fingerprint density at radius 3 is 2.14 bits per heavy atom. The first-order valence-electron chi connectivity index (χ1n) is 4.67. The zero-order valence-corrected chi connectivity index (χ0v) is 8.09. The van der Waals surface area contributed by atoms with E-state index in [1.807, 2.05) is 0 Å². The third-order valence-electron chi connectivity index (χ3n) is 3.29. The minimum atomic E-state index is -3.27. The van der Waals surface area contributed by atoms with Crippen LogP contribution in [0.25, 0.3) is 0 Å². The summed E-state index contributed by atoms with van der Waals surface area (Å²) in [5.41, 5.74) is 3.18. The van der Waals surface area contributed by atoms with Crippen molar-refractivity contribution in [2.24, 2.45) is 17.1 Å². The molecule has 1 rings (SSSR count). The molecule has 0 aromatic carbocycles. The van der Waals surface area contributed by atoms with Crippen molar-refractivity contribution in [3.8, 4) is 0 Å². The third-order valence-corrected chi connectivity index (χ3v) is 3.29. The highest BCUT2D eigenvalue weighted by molar-refractivity contribution is 5.77. The lowest BCUT2D eigenvalue weighted by molar-refractivity contribution is -0.190. The Kier molecular flexibility index (Phi) is 2.81. The lowest BCUT2D eigenvalue weighted by Crippen LogP contribution is -2.57. The highest BCUT2D eigenvalue weighted by Crippen LogP contribution is 2.50. The van der Waals surface area contributed by atoms with Gasteiger partial charge in [0.2, 0.25) is 0 Å². The normalized spacial score (nSPS) is 22.6. The van der Waals surface area contributed by atoms with Gasteiger partial charge in [-0.25, -0.2) is 8.78 Å². The smallest absolute Gasteiger partial charge is 0.317 e. The van der Waals surface area contributed by atoms with Gasteiger partial charge in [0.05, 0.1) is 0 Å². The first-order chi connectivity index (χ1) is 6.36. The molecule has 0 aromatic rings. The van der Waals surface area contributed by atoms with Crippen LogP contribution >= 0.6 is 0 Å². The molecule has 1 fully saturated rings. The third kappa shape index (κ3) is 1.39. The molecule has 3 N–H and O–H groups in total. The molecular weight excluding hydrogens is 192 g/mol. The predicted molar refractivity (Wildman–Crippen MR) is 47.1 cm³/mol. The summed E-state index contributed by atoms with van der Waals surface area (Å²) in [6.45, 7) is 0.142. The Balaban J connectivity index is 3.03. The van der Waals surface area contributed by atoms with Crippen molar-refractivity contribution in [2.45, 2.75) is 32.1 Å².